The number of hydrogen-bond acceptors (Lipinski definition) is 18. The number of aromatic nitrogens is 12. The third kappa shape index (κ3) is 13.6. The molecule has 6 aromatic heterocycles. The lowest BCUT2D eigenvalue weighted by Gasteiger charge is -2.32. The lowest BCUT2D eigenvalue weighted by Crippen LogP contribution is -2.40. The molecule has 6 N–H and O–H groups in total. The molecule has 3 fully saturated rings. The van der Waals surface area contributed by atoms with Crippen LogP contribution in [-0.2, 0) is 14.4 Å². The first-order valence-electron chi connectivity index (χ1n) is 31.6. The molecule has 6 aromatic carbocycles. The molecule has 3 aliphatic rings. The van der Waals surface area contributed by atoms with Crippen LogP contribution in [0, 0.1) is 0 Å². The summed E-state index contributed by atoms with van der Waals surface area (Å²) in [7, 11) is 0. The van der Waals surface area contributed by atoms with Gasteiger partial charge >= 0.3 is 0 Å². The first-order chi connectivity index (χ1) is 47.4. The number of amides is 3. The van der Waals surface area contributed by atoms with Gasteiger partial charge in [-0.15, -0.1) is 0 Å². The highest BCUT2D eigenvalue weighted by Gasteiger charge is 2.33. The van der Waals surface area contributed by atoms with Gasteiger partial charge in [-0.05, 0) is 153 Å². The van der Waals surface area contributed by atoms with E-state index in [1.54, 1.807) is 14.7 Å². The molecule has 3 amide bonds. The summed E-state index contributed by atoms with van der Waals surface area (Å²) in [6, 6.07) is 51.9. The van der Waals surface area contributed by atoms with Crippen LogP contribution in [0.1, 0.15) is 43.8 Å². The molecule has 3 saturated heterocycles. The topological polar surface area (TPSA) is 297 Å². The minimum atomic E-state index is -0.0765. The van der Waals surface area contributed by atoms with Crippen LogP contribution in [0.2, 0.25) is 0 Å². The lowest BCUT2D eigenvalue weighted by atomic mass is 10.1. The SMILES string of the molecule is C=CC(=O)N1CCC(n2nc(-c3ccc(Oc4ccccc4)cc3)c3c(N)ncnc32)C1.C=CC(=O)N1CCC(n2nc(-c3ccc(Oc4ccccc4)cc3)c3c(N)ncnc32)C1.C=CC(=O)N1CCCC(n2nc(-c3ccc(Oc4ccccc4)cc3)c3c(N)ncnc32)C1. The van der Waals surface area contributed by atoms with Crippen molar-refractivity contribution >= 4 is 68.3 Å². The monoisotopic (exact) mass is 1290 g/mol. The molecule has 97 heavy (non-hydrogen) atoms. The van der Waals surface area contributed by atoms with E-state index in [2.05, 4.69) is 49.6 Å². The van der Waals surface area contributed by atoms with Crippen LogP contribution >= 0.6 is 0 Å². The number of carbonyl (C=O) groups is 3. The van der Waals surface area contributed by atoms with Crippen LogP contribution in [0.4, 0.5) is 17.5 Å². The van der Waals surface area contributed by atoms with Crippen LogP contribution in [0.25, 0.3) is 66.9 Å². The highest BCUT2D eigenvalue weighted by atomic mass is 16.5. The number of benzene rings is 6. The predicted octanol–water partition coefficient (Wildman–Crippen LogP) is 11.9. The maximum Gasteiger partial charge on any atom is 0.246 e. The molecule has 0 radical (unpaired) electrons. The van der Waals surface area contributed by atoms with E-state index in [1.807, 2.05) is 178 Å². The molecular weight excluding hydrogens is 1220 g/mol. The number of piperidine rings is 1. The second-order valence-corrected chi connectivity index (χ2v) is 23.2. The van der Waals surface area contributed by atoms with Gasteiger partial charge in [0, 0.05) is 56.0 Å². The highest BCUT2D eigenvalue weighted by molar-refractivity contribution is 6.00. The van der Waals surface area contributed by atoms with Gasteiger partial charge in [0.25, 0.3) is 0 Å². The Morgan fingerprint density at radius 1 is 0.371 bits per heavy atom. The molecule has 12 aromatic rings. The summed E-state index contributed by atoms with van der Waals surface area (Å²) in [5.74, 6) is 5.39. The lowest BCUT2D eigenvalue weighted by molar-refractivity contribution is -0.127. The quantitative estimate of drug-likeness (QED) is 0.0803. The van der Waals surface area contributed by atoms with Crippen molar-refractivity contribution in [3.63, 3.8) is 0 Å². The summed E-state index contributed by atoms with van der Waals surface area (Å²) in [6.45, 7) is 14.4. The van der Waals surface area contributed by atoms with Crippen LogP contribution in [0.5, 0.6) is 34.5 Å². The van der Waals surface area contributed by atoms with Crippen LogP contribution in [0.3, 0.4) is 0 Å². The van der Waals surface area contributed by atoms with Gasteiger partial charge in [0.2, 0.25) is 17.7 Å². The van der Waals surface area contributed by atoms with Crippen molar-refractivity contribution in [3.8, 4) is 68.3 Å². The Labute approximate surface area is 557 Å². The molecule has 3 unspecified atom stereocenters. The minimum Gasteiger partial charge on any atom is -0.457 e. The summed E-state index contributed by atoms with van der Waals surface area (Å²) in [5, 5.41) is 16.8. The van der Waals surface area contributed by atoms with Gasteiger partial charge in [0.05, 0.1) is 34.3 Å². The van der Waals surface area contributed by atoms with Crippen molar-refractivity contribution in [3.05, 3.63) is 221 Å². The fourth-order valence-corrected chi connectivity index (χ4v) is 12.3. The number of rotatable bonds is 15. The van der Waals surface area contributed by atoms with Crippen molar-refractivity contribution in [2.45, 2.75) is 43.8 Å². The van der Waals surface area contributed by atoms with Gasteiger partial charge in [0.15, 0.2) is 16.9 Å². The average Bonchev–Trinajstić information content (AvgIpc) is 1.63. The molecule has 9 heterocycles. The number of ether oxygens (including phenoxy) is 3. The van der Waals surface area contributed by atoms with E-state index in [0.717, 1.165) is 76.9 Å². The summed E-state index contributed by atoms with van der Waals surface area (Å²) >= 11 is 0. The minimum absolute atomic E-state index is 0.00476. The van der Waals surface area contributed by atoms with Gasteiger partial charge in [0.1, 0.15) is 88.0 Å². The Kier molecular flexibility index (Phi) is 18.4. The molecule has 15 rings (SSSR count). The third-order valence-electron chi connectivity index (χ3n) is 17.1. The molecule has 24 heteroatoms. The Balaban J connectivity index is 0.000000131. The van der Waals surface area contributed by atoms with E-state index in [4.69, 9.17) is 46.7 Å². The number of nitrogens with zero attached hydrogens (tertiary/aromatic N) is 15. The van der Waals surface area contributed by atoms with Crippen LogP contribution in [0.15, 0.2) is 221 Å². The zero-order chi connectivity index (χ0) is 66.9. The molecule has 24 nitrogen and oxygen atoms in total. The van der Waals surface area contributed by atoms with Crippen molar-refractivity contribution < 1.29 is 28.6 Å². The van der Waals surface area contributed by atoms with Crippen molar-refractivity contribution in [2.75, 3.05) is 56.5 Å². The van der Waals surface area contributed by atoms with Gasteiger partial charge in [-0.2, -0.15) is 15.3 Å². The maximum atomic E-state index is 12.2. The average molecular weight is 1290 g/mol. The second-order valence-electron chi connectivity index (χ2n) is 23.2. The standard InChI is InChI=1S/C25H24N6O2.2C24H22N6O2/c1-2-21(32)30-14-6-7-18(15-30)31-25-22(24(26)27-16-28-25)23(29-31)17-10-12-20(13-11-17)33-19-8-4-3-5-9-19;2*1-2-20(31)29-13-12-17(14-29)30-24-21(23(25)26-15-27-24)22(28-30)16-8-10-19(11-9-16)32-18-6-4-3-5-7-18/h2-5,8-13,16,18H,1,6-7,14-15H2,(H2,26,27,28);2*2-11,15,17H,1,12-14H2,(H2,25,26,27). The molecule has 0 spiro atoms. The zero-order valence-electron chi connectivity index (χ0n) is 52.9. The van der Waals surface area contributed by atoms with Gasteiger partial charge < -0.3 is 46.1 Å². The predicted molar refractivity (Wildman–Crippen MR) is 371 cm³/mol. The number of anilines is 3. The van der Waals surface area contributed by atoms with E-state index in [0.29, 0.717) is 107 Å². The van der Waals surface area contributed by atoms with Gasteiger partial charge in [-0.1, -0.05) is 74.3 Å². The maximum absolute atomic E-state index is 12.2. The van der Waals surface area contributed by atoms with E-state index >= 15 is 0 Å². The molecule has 3 atom stereocenters. The second kappa shape index (κ2) is 28.3. The highest BCUT2D eigenvalue weighted by Crippen LogP contribution is 2.39. The fourth-order valence-electron chi connectivity index (χ4n) is 12.3. The molecule has 0 saturated carbocycles. The summed E-state index contributed by atoms with van der Waals surface area (Å²) in [6.07, 6.45) is 11.7. The molecular formula is C73H68N18O6. The Morgan fingerprint density at radius 3 is 0.948 bits per heavy atom. The first kappa shape index (κ1) is 63.2. The number of likely N-dealkylation sites (tertiary alicyclic amines) is 3. The van der Waals surface area contributed by atoms with Gasteiger partial charge in [-0.25, -0.2) is 43.9 Å². The van der Waals surface area contributed by atoms with Gasteiger partial charge in [-0.3, -0.25) is 14.4 Å². The number of carbonyl (C=O) groups excluding carboxylic acids is 3. The normalized spacial score (nSPS) is 15.8. The Hall–Kier alpha value is -12.6. The number of para-hydroxylation sites is 3. The molecule has 3 aliphatic heterocycles. The van der Waals surface area contributed by atoms with E-state index in [-0.39, 0.29) is 35.8 Å². The summed E-state index contributed by atoms with van der Waals surface area (Å²) in [4.78, 5) is 67.5. The molecule has 486 valence electrons. The molecule has 0 aliphatic carbocycles. The van der Waals surface area contributed by atoms with Crippen molar-refractivity contribution in [2.24, 2.45) is 0 Å². The smallest absolute Gasteiger partial charge is 0.246 e. The fraction of sp³-hybridized carbons (Fsp3) is 0.178. The number of nitrogen functional groups attached to an aromatic ring is 3. The van der Waals surface area contributed by atoms with E-state index in [1.165, 1.54) is 37.2 Å². The number of hydrogen-bond donors (Lipinski definition) is 3. The number of fused-ring (bicyclic) bond motifs is 3. The Morgan fingerprint density at radius 2 is 0.649 bits per heavy atom. The first-order valence-corrected chi connectivity index (χ1v) is 31.6. The largest absolute Gasteiger partial charge is 0.457 e. The number of nitrogens with two attached hydrogens (primary N) is 3. The zero-order valence-corrected chi connectivity index (χ0v) is 52.9. The Bertz CT molecular complexity index is 4630. The summed E-state index contributed by atoms with van der Waals surface area (Å²) < 4.78 is 23.3. The summed E-state index contributed by atoms with van der Waals surface area (Å²) in [5.41, 5.74) is 25.5. The van der Waals surface area contributed by atoms with Crippen LogP contribution < -0.4 is 31.4 Å². The third-order valence-corrected chi connectivity index (χ3v) is 17.1. The molecule has 0 bridgehead atoms. The van der Waals surface area contributed by atoms with Crippen LogP contribution in [-0.4, -0.2) is 131 Å². The van der Waals surface area contributed by atoms with E-state index in [9.17, 15) is 14.4 Å². The van der Waals surface area contributed by atoms with E-state index < -0.39 is 0 Å². The van der Waals surface area contributed by atoms with Crippen molar-refractivity contribution in [1.29, 1.82) is 0 Å². The van der Waals surface area contributed by atoms with Crippen molar-refractivity contribution in [1.82, 2.24) is 73.9 Å².